The monoisotopic (exact) mass is 228 g/mol. The lowest BCUT2D eigenvalue weighted by Gasteiger charge is -2.09. The minimum atomic E-state index is 0.256. The Kier molecular flexibility index (Phi) is 3.05. The van der Waals surface area contributed by atoms with Gasteiger partial charge < -0.3 is 10.2 Å². The lowest BCUT2D eigenvalue weighted by molar-refractivity contribution is 0.464. The van der Waals surface area contributed by atoms with Crippen molar-refractivity contribution < 1.29 is 10.2 Å². The maximum atomic E-state index is 9.99. The Morgan fingerprint density at radius 3 is 2.47 bits per heavy atom. The van der Waals surface area contributed by atoms with E-state index >= 15 is 0 Å². The first-order valence-electron chi connectivity index (χ1n) is 5.63. The maximum Gasteiger partial charge on any atom is 0.122 e. The van der Waals surface area contributed by atoms with Gasteiger partial charge in [-0.25, -0.2) is 0 Å². The Morgan fingerprint density at radius 2 is 1.76 bits per heavy atom. The highest BCUT2D eigenvalue weighted by Crippen LogP contribution is 2.26. The van der Waals surface area contributed by atoms with Gasteiger partial charge in [-0.3, -0.25) is 0 Å². The summed E-state index contributed by atoms with van der Waals surface area (Å²) in [4.78, 5) is 0. The average molecular weight is 228 g/mol. The molecule has 0 radical (unpaired) electrons. The number of benzene rings is 2. The highest BCUT2D eigenvalue weighted by atomic mass is 16.3. The molecule has 2 aromatic carbocycles. The van der Waals surface area contributed by atoms with Gasteiger partial charge in [0.2, 0.25) is 0 Å². The molecule has 0 amide bonds. The molecule has 2 nitrogen and oxygen atoms in total. The van der Waals surface area contributed by atoms with Crippen LogP contribution < -0.4 is 0 Å². The van der Waals surface area contributed by atoms with Gasteiger partial charge in [0.15, 0.2) is 0 Å². The molecule has 0 aliphatic heterocycles. The highest BCUT2D eigenvalue weighted by Gasteiger charge is 2.06. The highest BCUT2D eigenvalue weighted by molar-refractivity contribution is 5.45. The molecule has 17 heavy (non-hydrogen) atoms. The number of aryl methyl sites for hydroxylation is 2. The van der Waals surface area contributed by atoms with E-state index in [1.54, 1.807) is 12.1 Å². The summed E-state index contributed by atoms with van der Waals surface area (Å²) in [6.07, 6.45) is 0.628. The Hall–Kier alpha value is -1.96. The second kappa shape index (κ2) is 4.50. The summed E-state index contributed by atoms with van der Waals surface area (Å²) in [5, 5.41) is 19.4. The zero-order chi connectivity index (χ0) is 12.4. The fourth-order valence-electron chi connectivity index (χ4n) is 2.07. The van der Waals surface area contributed by atoms with Crippen LogP contribution in [0.4, 0.5) is 0 Å². The Morgan fingerprint density at radius 1 is 1.00 bits per heavy atom. The van der Waals surface area contributed by atoms with E-state index < -0.39 is 0 Å². The number of phenolic OH excluding ortho intramolecular Hbond substituents is 2. The maximum absolute atomic E-state index is 9.99. The molecule has 0 heterocycles. The molecule has 2 rings (SSSR count). The van der Waals surface area contributed by atoms with Crippen LogP contribution in [0.5, 0.6) is 11.5 Å². The van der Waals surface area contributed by atoms with Gasteiger partial charge >= 0.3 is 0 Å². The molecule has 0 atom stereocenters. The van der Waals surface area contributed by atoms with Crippen molar-refractivity contribution >= 4 is 0 Å². The molecule has 0 aromatic heterocycles. The van der Waals surface area contributed by atoms with E-state index in [0.717, 1.165) is 22.3 Å². The number of aromatic hydroxyl groups is 2. The molecule has 0 bridgehead atoms. The fourth-order valence-corrected chi connectivity index (χ4v) is 2.07. The molecular weight excluding hydrogens is 212 g/mol. The van der Waals surface area contributed by atoms with Crippen molar-refractivity contribution in [3.8, 4) is 11.5 Å². The third-order valence-corrected chi connectivity index (χ3v) is 2.83. The Labute approximate surface area is 101 Å². The molecule has 2 aromatic rings. The quantitative estimate of drug-likeness (QED) is 0.828. The van der Waals surface area contributed by atoms with Crippen LogP contribution in [-0.2, 0) is 6.42 Å². The van der Waals surface area contributed by atoms with Crippen LogP contribution in [0.3, 0.4) is 0 Å². The first kappa shape index (κ1) is 11.5. The van der Waals surface area contributed by atoms with Crippen molar-refractivity contribution in [2.24, 2.45) is 0 Å². The number of hydrogen-bond acceptors (Lipinski definition) is 2. The first-order chi connectivity index (χ1) is 8.06. The molecular formula is C15H16O2. The number of phenols is 2. The lowest BCUT2D eigenvalue weighted by Crippen LogP contribution is -1.92. The van der Waals surface area contributed by atoms with Crippen molar-refractivity contribution in [1.82, 2.24) is 0 Å². The normalized spacial score (nSPS) is 10.5. The molecule has 0 spiro atoms. The first-order valence-corrected chi connectivity index (χ1v) is 5.63. The molecule has 2 heteroatoms. The van der Waals surface area contributed by atoms with Gasteiger partial charge in [-0.2, -0.15) is 0 Å². The Balaban J connectivity index is 2.36. The summed E-state index contributed by atoms with van der Waals surface area (Å²) in [5.41, 5.74) is 3.91. The largest absolute Gasteiger partial charge is 0.508 e. The molecule has 0 aliphatic rings. The molecule has 0 saturated carbocycles. The Bertz CT molecular complexity index is 545. The molecule has 0 saturated heterocycles. The van der Waals surface area contributed by atoms with E-state index in [1.807, 2.05) is 38.1 Å². The molecule has 0 fully saturated rings. The van der Waals surface area contributed by atoms with Crippen LogP contribution in [0.1, 0.15) is 22.3 Å². The second-order valence-corrected chi connectivity index (χ2v) is 4.44. The van der Waals surface area contributed by atoms with E-state index in [0.29, 0.717) is 12.2 Å². The SMILES string of the molecule is Cc1cc(C)c(O)c(Cc2cccc(O)c2)c1. The topological polar surface area (TPSA) is 40.5 Å². The van der Waals surface area contributed by atoms with Gasteiger partial charge in [0.05, 0.1) is 0 Å². The zero-order valence-electron chi connectivity index (χ0n) is 10.1. The second-order valence-electron chi connectivity index (χ2n) is 4.44. The molecule has 0 unspecified atom stereocenters. The molecule has 2 N–H and O–H groups in total. The van der Waals surface area contributed by atoms with Crippen LogP contribution in [0, 0.1) is 13.8 Å². The van der Waals surface area contributed by atoms with Crippen molar-refractivity contribution in [1.29, 1.82) is 0 Å². The van der Waals surface area contributed by atoms with Gasteiger partial charge in [0.25, 0.3) is 0 Å². The van der Waals surface area contributed by atoms with Crippen LogP contribution in [0.2, 0.25) is 0 Å². The third kappa shape index (κ3) is 2.59. The summed E-state index contributed by atoms with van der Waals surface area (Å²) in [5.74, 6) is 0.602. The average Bonchev–Trinajstić information content (AvgIpc) is 2.25. The van der Waals surface area contributed by atoms with Crippen LogP contribution in [0.15, 0.2) is 36.4 Å². The van der Waals surface area contributed by atoms with E-state index in [4.69, 9.17) is 0 Å². The van der Waals surface area contributed by atoms with Gasteiger partial charge in [0.1, 0.15) is 11.5 Å². The van der Waals surface area contributed by atoms with Crippen molar-refractivity contribution in [3.05, 3.63) is 58.7 Å². The van der Waals surface area contributed by atoms with Crippen molar-refractivity contribution in [2.75, 3.05) is 0 Å². The van der Waals surface area contributed by atoms with Gasteiger partial charge in [0, 0.05) is 6.42 Å². The van der Waals surface area contributed by atoms with Crippen molar-refractivity contribution in [3.63, 3.8) is 0 Å². The van der Waals surface area contributed by atoms with Crippen molar-refractivity contribution in [2.45, 2.75) is 20.3 Å². The fraction of sp³-hybridized carbons (Fsp3) is 0.200. The smallest absolute Gasteiger partial charge is 0.122 e. The van der Waals surface area contributed by atoms with Gasteiger partial charge in [-0.05, 0) is 42.7 Å². The van der Waals surface area contributed by atoms with Gasteiger partial charge in [-0.15, -0.1) is 0 Å². The number of rotatable bonds is 2. The minimum Gasteiger partial charge on any atom is -0.508 e. The summed E-state index contributed by atoms with van der Waals surface area (Å²) in [6.45, 7) is 3.91. The van der Waals surface area contributed by atoms with Gasteiger partial charge in [-0.1, -0.05) is 29.8 Å². The van der Waals surface area contributed by atoms with Crippen LogP contribution in [-0.4, -0.2) is 10.2 Å². The molecule has 0 aliphatic carbocycles. The number of hydrogen-bond donors (Lipinski definition) is 2. The summed E-state index contributed by atoms with van der Waals surface area (Å²) >= 11 is 0. The summed E-state index contributed by atoms with van der Waals surface area (Å²) < 4.78 is 0. The van der Waals surface area contributed by atoms with E-state index in [-0.39, 0.29) is 5.75 Å². The minimum absolute atomic E-state index is 0.256. The van der Waals surface area contributed by atoms with E-state index in [9.17, 15) is 10.2 Å². The summed E-state index contributed by atoms with van der Waals surface area (Å²) in [6, 6.07) is 11.1. The standard InChI is InChI=1S/C15H16O2/c1-10-6-11(2)15(17)13(7-10)8-12-4-3-5-14(16)9-12/h3-7,9,16-17H,8H2,1-2H3. The predicted octanol–water partition coefficient (Wildman–Crippen LogP) is 3.31. The van der Waals surface area contributed by atoms with Crippen LogP contribution in [0.25, 0.3) is 0 Å². The third-order valence-electron chi connectivity index (χ3n) is 2.83. The van der Waals surface area contributed by atoms with E-state index in [1.165, 1.54) is 0 Å². The summed E-state index contributed by atoms with van der Waals surface area (Å²) in [7, 11) is 0. The van der Waals surface area contributed by atoms with E-state index in [2.05, 4.69) is 0 Å². The van der Waals surface area contributed by atoms with Crippen LogP contribution >= 0.6 is 0 Å². The lowest BCUT2D eigenvalue weighted by atomic mass is 9.99. The predicted molar refractivity (Wildman–Crippen MR) is 68.5 cm³/mol. The molecule has 88 valence electrons. The zero-order valence-corrected chi connectivity index (χ0v) is 10.1.